The van der Waals surface area contributed by atoms with Gasteiger partial charge < -0.3 is 29.4 Å². The van der Waals surface area contributed by atoms with Gasteiger partial charge in [0.15, 0.2) is 5.69 Å². The van der Waals surface area contributed by atoms with E-state index >= 15 is 0 Å². The summed E-state index contributed by atoms with van der Waals surface area (Å²) in [7, 11) is 0. The van der Waals surface area contributed by atoms with Crippen molar-refractivity contribution in [3.05, 3.63) is 47.9 Å². The number of nitrogens with one attached hydrogen (secondary N) is 2. The molecule has 10 heteroatoms. The van der Waals surface area contributed by atoms with E-state index < -0.39 is 11.8 Å². The van der Waals surface area contributed by atoms with Crippen LogP contribution in [-0.4, -0.2) is 61.3 Å². The maximum absolute atomic E-state index is 13.9. The Kier molecular flexibility index (Phi) is 11.2. The molecule has 1 aromatic heterocycles. The topological polar surface area (TPSA) is 106 Å². The summed E-state index contributed by atoms with van der Waals surface area (Å²) in [6, 6.07) is 5.41. The standard InChI is InChI=1S/C22H31FN4O5/c1-3-30-13-7-11-24-21(28)19-16-32-20(25-19)15-27(12-8-14-31-4-2)22(29)26-18-10-6-5-9-17(18)23/h5-6,9-10,16H,3-4,7-8,11-15H2,1-2H3,(H,24,28)(H,26,29). The number of aromatic nitrogens is 1. The summed E-state index contributed by atoms with van der Waals surface area (Å²) in [4.78, 5) is 30.6. The fraction of sp³-hybridized carbons (Fsp3) is 0.500. The van der Waals surface area contributed by atoms with Crippen LogP contribution in [0.3, 0.4) is 0 Å². The SMILES string of the molecule is CCOCCCNC(=O)c1coc(CN(CCCOCC)C(=O)Nc2ccccc2F)n1. The van der Waals surface area contributed by atoms with E-state index in [9.17, 15) is 14.0 Å². The Morgan fingerprint density at radius 1 is 1.12 bits per heavy atom. The Morgan fingerprint density at radius 3 is 2.56 bits per heavy atom. The van der Waals surface area contributed by atoms with Gasteiger partial charge in [0.1, 0.15) is 12.1 Å². The summed E-state index contributed by atoms with van der Waals surface area (Å²) in [5.41, 5.74) is 0.201. The summed E-state index contributed by atoms with van der Waals surface area (Å²) in [5, 5.41) is 5.30. The average Bonchev–Trinajstić information content (AvgIpc) is 3.26. The quantitative estimate of drug-likeness (QED) is 0.427. The fourth-order valence-corrected chi connectivity index (χ4v) is 2.77. The summed E-state index contributed by atoms with van der Waals surface area (Å²) in [5.74, 6) is -0.700. The molecule has 0 fully saturated rings. The number of rotatable bonds is 14. The molecule has 0 aliphatic carbocycles. The largest absolute Gasteiger partial charge is 0.446 e. The number of benzene rings is 1. The van der Waals surface area contributed by atoms with E-state index in [1.165, 1.54) is 23.3 Å². The Morgan fingerprint density at radius 2 is 1.84 bits per heavy atom. The monoisotopic (exact) mass is 450 g/mol. The van der Waals surface area contributed by atoms with Crippen LogP contribution in [0.2, 0.25) is 0 Å². The number of hydrogen-bond donors (Lipinski definition) is 2. The predicted octanol–water partition coefficient (Wildman–Crippen LogP) is 3.43. The minimum atomic E-state index is -0.533. The van der Waals surface area contributed by atoms with Gasteiger partial charge in [-0.3, -0.25) is 4.79 Å². The van der Waals surface area contributed by atoms with Crippen molar-refractivity contribution in [2.24, 2.45) is 0 Å². The summed E-state index contributed by atoms with van der Waals surface area (Å²) >= 11 is 0. The molecule has 176 valence electrons. The van der Waals surface area contributed by atoms with Crippen molar-refractivity contribution in [2.75, 3.05) is 44.8 Å². The van der Waals surface area contributed by atoms with Gasteiger partial charge in [-0.15, -0.1) is 0 Å². The Balaban J connectivity index is 1.97. The number of para-hydroxylation sites is 1. The number of nitrogens with zero attached hydrogens (tertiary/aromatic N) is 2. The number of amides is 3. The van der Waals surface area contributed by atoms with Crippen LogP contribution in [0.25, 0.3) is 0 Å². The van der Waals surface area contributed by atoms with Crippen molar-refractivity contribution in [1.29, 1.82) is 0 Å². The van der Waals surface area contributed by atoms with Crippen LogP contribution in [0.5, 0.6) is 0 Å². The highest BCUT2D eigenvalue weighted by atomic mass is 19.1. The first kappa shape index (κ1) is 25.3. The molecule has 2 rings (SSSR count). The predicted molar refractivity (Wildman–Crippen MR) is 117 cm³/mol. The lowest BCUT2D eigenvalue weighted by Gasteiger charge is -2.22. The highest BCUT2D eigenvalue weighted by molar-refractivity contribution is 5.92. The number of halogens is 1. The van der Waals surface area contributed by atoms with Gasteiger partial charge in [0.05, 0.1) is 12.2 Å². The second-order valence-corrected chi connectivity index (χ2v) is 6.81. The Hall–Kier alpha value is -2.98. The van der Waals surface area contributed by atoms with E-state index in [0.29, 0.717) is 52.4 Å². The molecule has 0 aliphatic rings. The minimum Gasteiger partial charge on any atom is -0.446 e. The van der Waals surface area contributed by atoms with E-state index in [2.05, 4.69) is 15.6 Å². The van der Waals surface area contributed by atoms with Gasteiger partial charge in [0.25, 0.3) is 5.91 Å². The van der Waals surface area contributed by atoms with Crippen LogP contribution >= 0.6 is 0 Å². The van der Waals surface area contributed by atoms with Crippen LogP contribution in [0.15, 0.2) is 34.9 Å². The third-order valence-corrected chi connectivity index (χ3v) is 4.39. The van der Waals surface area contributed by atoms with Crippen LogP contribution in [0.1, 0.15) is 43.1 Å². The zero-order valence-electron chi connectivity index (χ0n) is 18.6. The van der Waals surface area contributed by atoms with E-state index in [0.717, 1.165) is 0 Å². The van der Waals surface area contributed by atoms with Crippen molar-refractivity contribution in [3.63, 3.8) is 0 Å². The van der Waals surface area contributed by atoms with Gasteiger partial charge >= 0.3 is 6.03 Å². The molecule has 0 bridgehead atoms. The molecule has 0 radical (unpaired) electrons. The number of carbonyl (C=O) groups excluding carboxylic acids is 2. The minimum absolute atomic E-state index is 0.0179. The number of carbonyl (C=O) groups is 2. The van der Waals surface area contributed by atoms with Gasteiger partial charge in [0.2, 0.25) is 5.89 Å². The molecule has 1 heterocycles. The second kappa shape index (κ2) is 14.2. The van der Waals surface area contributed by atoms with Crippen LogP contribution < -0.4 is 10.6 Å². The molecule has 2 N–H and O–H groups in total. The maximum atomic E-state index is 13.9. The molecule has 0 aliphatic heterocycles. The van der Waals surface area contributed by atoms with E-state index in [1.54, 1.807) is 12.1 Å². The first-order valence-corrected chi connectivity index (χ1v) is 10.7. The number of ether oxygens (including phenoxy) is 2. The van der Waals surface area contributed by atoms with Crippen LogP contribution in [0, 0.1) is 5.82 Å². The van der Waals surface area contributed by atoms with Crippen molar-refractivity contribution >= 4 is 17.6 Å². The molecule has 0 unspecified atom stereocenters. The van der Waals surface area contributed by atoms with E-state index in [-0.39, 0.29) is 29.7 Å². The molecule has 0 atom stereocenters. The Bertz CT molecular complexity index is 845. The maximum Gasteiger partial charge on any atom is 0.322 e. The first-order chi connectivity index (χ1) is 15.5. The smallest absolute Gasteiger partial charge is 0.322 e. The molecule has 0 spiro atoms. The van der Waals surface area contributed by atoms with Gasteiger partial charge in [-0.2, -0.15) is 0 Å². The molecule has 9 nitrogen and oxygen atoms in total. The Labute approximate surface area is 187 Å². The highest BCUT2D eigenvalue weighted by Crippen LogP contribution is 2.15. The summed E-state index contributed by atoms with van der Waals surface area (Å²) < 4.78 is 29.9. The van der Waals surface area contributed by atoms with Crippen molar-refractivity contribution in [2.45, 2.75) is 33.2 Å². The van der Waals surface area contributed by atoms with Crippen molar-refractivity contribution in [3.8, 4) is 0 Å². The molecular weight excluding hydrogens is 419 g/mol. The number of hydrogen-bond acceptors (Lipinski definition) is 6. The second-order valence-electron chi connectivity index (χ2n) is 6.81. The van der Waals surface area contributed by atoms with Crippen LogP contribution in [0.4, 0.5) is 14.9 Å². The molecular formula is C22H31FN4O5. The number of anilines is 1. The summed E-state index contributed by atoms with van der Waals surface area (Å²) in [6.45, 7) is 6.85. The fourth-order valence-electron chi connectivity index (χ4n) is 2.77. The van der Waals surface area contributed by atoms with Gasteiger partial charge in [0, 0.05) is 39.5 Å². The zero-order chi connectivity index (χ0) is 23.2. The first-order valence-electron chi connectivity index (χ1n) is 10.7. The average molecular weight is 451 g/mol. The van der Waals surface area contributed by atoms with E-state index in [4.69, 9.17) is 13.9 Å². The van der Waals surface area contributed by atoms with Crippen LogP contribution in [-0.2, 0) is 16.0 Å². The van der Waals surface area contributed by atoms with Gasteiger partial charge in [-0.1, -0.05) is 12.1 Å². The lowest BCUT2D eigenvalue weighted by molar-refractivity contribution is 0.0939. The molecule has 1 aromatic carbocycles. The molecule has 3 amide bonds. The third kappa shape index (κ3) is 8.64. The number of oxazole rings is 1. The summed E-state index contributed by atoms with van der Waals surface area (Å²) in [6.07, 6.45) is 2.51. The van der Waals surface area contributed by atoms with Crippen molar-refractivity contribution < 1.29 is 27.9 Å². The number of urea groups is 1. The van der Waals surface area contributed by atoms with Gasteiger partial charge in [-0.25, -0.2) is 14.2 Å². The lowest BCUT2D eigenvalue weighted by atomic mass is 10.3. The molecule has 2 aromatic rings. The zero-order valence-corrected chi connectivity index (χ0v) is 18.6. The molecule has 0 saturated carbocycles. The third-order valence-electron chi connectivity index (χ3n) is 4.39. The van der Waals surface area contributed by atoms with E-state index in [1.807, 2.05) is 13.8 Å². The molecule has 0 saturated heterocycles. The van der Waals surface area contributed by atoms with Crippen molar-refractivity contribution in [1.82, 2.24) is 15.2 Å². The highest BCUT2D eigenvalue weighted by Gasteiger charge is 2.19. The van der Waals surface area contributed by atoms with Gasteiger partial charge in [-0.05, 0) is 38.8 Å². The molecule has 32 heavy (non-hydrogen) atoms. The normalized spacial score (nSPS) is 10.7. The lowest BCUT2D eigenvalue weighted by Crippen LogP contribution is -2.36.